The molecular weight excluding hydrogens is 1980 g/mol. The summed E-state index contributed by atoms with van der Waals surface area (Å²) in [5, 5.41) is 66.3. The van der Waals surface area contributed by atoms with Crippen LogP contribution >= 0.6 is 55.1 Å². The van der Waals surface area contributed by atoms with E-state index >= 15 is 0 Å². The minimum atomic E-state index is -1.38. The van der Waals surface area contributed by atoms with Crippen molar-refractivity contribution in [3.63, 3.8) is 0 Å². The molecule has 0 aliphatic carbocycles. The average Bonchev–Trinajstić information content (AvgIpc) is 1.65. The molecule has 10 aliphatic heterocycles. The van der Waals surface area contributed by atoms with Crippen molar-refractivity contribution >= 4 is 170 Å². The van der Waals surface area contributed by atoms with Crippen LogP contribution in [0, 0.1) is 24.4 Å². The fourth-order valence-electron chi connectivity index (χ4n) is 14.7. The van der Waals surface area contributed by atoms with E-state index in [4.69, 9.17) is 23.2 Å². The number of benzene rings is 10. The van der Waals surface area contributed by atoms with E-state index in [1.807, 2.05) is 153 Å². The van der Waals surface area contributed by atoms with Crippen molar-refractivity contribution in [1.82, 2.24) is 53.2 Å². The van der Waals surface area contributed by atoms with Crippen molar-refractivity contribution in [1.29, 1.82) is 0 Å². The Labute approximate surface area is 843 Å². The molecule has 24 nitrogen and oxygen atoms in total. The molecule has 10 aliphatic rings. The van der Waals surface area contributed by atoms with Gasteiger partial charge in [0.1, 0.15) is 17.5 Å². The largest absolute Gasteiger partial charge is 0.367 e. The third kappa shape index (κ3) is 29.3. The Balaban J connectivity index is 0.000000151. The number of amides is 10. The van der Waals surface area contributed by atoms with Crippen molar-refractivity contribution < 1.29 is 81.5 Å². The molecule has 0 fully saturated rings. The van der Waals surface area contributed by atoms with E-state index in [0.717, 1.165) is 81.3 Å². The fraction of sp³-hybridized carbons (Fsp3) is 0.0811. The summed E-state index contributed by atoms with van der Waals surface area (Å²) in [6.45, 7) is 30.6. The molecule has 10 aromatic rings. The molecule has 0 spiro atoms. The Morgan fingerprint density at radius 1 is 0.254 bits per heavy atom. The number of nitrogens with one attached hydrogen (secondary N) is 10. The molecule has 31 heteroatoms. The average molecular weight is 2080 g/mol. The Morgan fingerprint density at radius 2 is 0.458 bits per heavy atom. The first-order valence-electron chi connectivity index (χ1n) is 43.1. The van der Waals surface area contributed by atoms with Gasteiger partial charge in [-0.3, -0.25) is 47.9 Å². The van der Waals surface area contributed by atoms with E-state index in [0.29, 0.717) is 83.2 Å². The summed E-state index contributed by atoms with van der Waals surface area (Å²) in [5.41, 5.74) is 14.8. The van der Waals surface area contributed by atoms with Crippen LogP contribution in [-0.2, 0) is 47.9 Å². The van der Waals surface area contributed by atoms with E-state index < -0.39 is 22.9 Å². The Morgan fingerprint density at radius 3 is 0.711 bits per heavy atom. The van der Waals surface area contributed by atoms with Crippen LogP contribution in [0.3, 0.4) is 0 Å². The minimum Gasteiger partial charge on any atom is -0.367 e. The molecule has 10 aromatic carbocycles. The second-order valence-electron chi connectivity index (χ2n) is 32.8. The van der Waals surface area contributed by atoms with Crippen molar-refractivity contribution in [3.8, 4) is 0 Å². The van der Waals surface area contributed by atoms with Crippen LogP contribution in [-0.4, -0.2) is 102 Å². The van der Waals surface area contributed by atoms with Gasteiger partial charge in [-0.15, -0.1) is 0 Å². The normalized spacial score (nSPS) is 19.5. The summed E-state index contributed by atoms with van der Waals surface area (Å²) in [6, 6.07) is 74.4. The summed E-state index contributed by atoms with van der Waals surface area (Å²) in [4.78, 5) is 111. The molecule has 0 saturated heterocycles. The highest BCUT2D eigenvalue weighted by molar-refractivity contribution is 9.10. The van der Waals surface area contributed by atoms with Crippen molar-refractivity contribution in [3.05, 3.63) is 487 Å². The number of hydrogen-bond donors (Lipinski definition) is 14. The van der Waals surface area contributed by atoms with Crippen LogP contribution in [0.25, 0.3) is 55.7 Å². The summed E-state index contributed by atoms with van der Waals surface area (Å²) >= 11 is 18.2. The third-order valence-electron chi connectivity index (χ3n) is 21.5. The minimum absolute atomic E-state index is 0.0921. The predicted octanol–water partition coefficient (Wildman–Crippen LogP) is 17.5. The quantitative estimate of drug-likeness (QED) is 0.0605. The van der Waals surface area contributed by atoms with Crippen LogP contribution in [0.5, 0.6) is 0 Å². The van der Waals surface area contributed by atoms with Crippen LogP contribution in [0.1, 0.15) is 88.9 Å². The van der Waals surface area contributed by atoms with Gasteiger partial charge in [-0.2, -0.15) is 0 Å². The molecule has 10 amide bonds. The van der Waals surface area contributed by atoms with Gasteiger partial charge >= 0.3 is 0 Å². The van der Waals surface area contributed by atoms with E-state index in [1.165, 1.54) is 97.5 Å². The van der Waals surface area contributed by atoms with E-state index in [9.17, 15) is 81.5 Å². The molecule has 0 bridgehead atoms. The highest BCUT2D eigenvalue weighted by atomic mass is 79.9. The molecule has 20 rings (SSSR count). The zero-order valence-electron chi connectivity index (χ0n) is 76.8. The molecule has 0 radical (unpaired) electrons. The highest BCUT2D eigenvalue weighted by Gasteiger charge is 2.38. The van der Waals surface area contributed by atoms with E-state index in [2.05, 4.69) is 125 Å². The van der Waals surface area contributed by atoms with Crippen molar-refractivity contribution in [2.24, 2.45) is 0 Å². The topological polar surface area (TPSA) is 372 Å². The van der Waals surface area contributed by atoms with Gasteiger partial charge in [0.2, 0.25) is 59.1 Å². The fourth-order valence-corrected chi connectivity index (χ4v) is 15.5. The summed E-state index contributed by atoms with van der Waals surface area (Å²) < 4.78 is 40.6. The first-order chi connectivity index (χ1) is 67.2. The van der Waals surface area contributed by atoms with Gasteiger partial charge in [0, 0.05) is 175 Å². The van der Waals surface area contributed by atoms with E-state index in [-0.39, 0.29) is 76.5 Å². The monoisotopic (exact) mass is 2070 g/mol. The zero-order chi connectivity index (χ0) is 103. The number of allylic oxidation sites excluding steroid dienone is 6. The molecule has 0 saturated carbocycles. The van der Waals surface area contributed by atoms with E-state index in [1.54, 1.807) is 106 Å². The van der Waals surface area contributed by atoms with Gasteiger partial charge in [0.25, 0.3) is 0 Å². The first kappa shape index (κ1) is 106. The van der Waals surface area contributed by atoms with Crippen LogP contribution in [0.4, 0.5) is 13.2 Å². The smallest absolute Gasteiger partial charge is 0.249 e. The number of carbonyl (C=O) groups excluding carboxylic acids is 10. The Bertz CT molecular complexity index is 6520. The molecule has 142 heavy (non-hydrogen) atoms. The lowest BCUT2D eigenvalue weighted by atomic mass is 9.99. The lowest BCUT2D eigenvalue weighted by Gasteiger charge is -2.21. The Kier molecular flexibility index (Phi) is 35.2. The third-order valence-corrected chi connectivity index (χ3v) is 23.1. The van der Waals surface area contributed by atoms with Crippen molar-refractivity contribution in [2.45, 2.75) is 57.5 Å². The molecular formula is C111H93Br2Cl2F3N10O14. The standard InChI is InChI=1S/C12H11NO.C11H10BrNO2.C11H8BrNO.C11H10ClNO2.C11H8ClNO.C11H10FNO2.2C11H8FNO.C11H11NO2.C11H9NO/c1-8-3-5-10(6-4-8)11-7-12(14)13-9(11)2;1-11(15)9(6-10(14)13-11)7-2-4-8(12)5-3-7;1-7-10(6-11(14)13-7)8-2-4-9(12)5-3-8;1-11(15)9(6-10(14)13-11)7-2-4-8(12)5-3-7;1-7-10(6-11(14)13-7)8-2-4-9(12)5-3-8;1-11(15)9(6-10(14)13-11)7-2-4-8(12)5-3-7;1-7-10(6-11(14)13-7)8-2-4-9(12)5-3-8;1-7-9(6-11(14)13-7)8-4-2-3-5-10(8)12;1-11(14)9(7-10(13)12-11)8-5-3-2-4-6-8;1-8-10(7-11(13)12-8)9-5-3-2-4-6-9/h3-7H,2H2,1H3,(H,13,14);2-6,15H,1H3,(H,13,14);2-6H,1H2,(H,13,14);2-6,15H,1H3,(H,13,14);2-6H,1H2,(H,13,14);2-6,15H,1H3,(H,13,14);2*2-6H,1H2,(H,13,14);2-7,14H,1H3,(H,12,13);2-7H,1H2,(H,12,13). The number of rotatable bonds is 10. The number of hydrogen-bond acceptors (Lipinski definition) is 14. The van der Waals surface area contributed by atoms with Gasteiger partial charge in [0.05, 0.1) is 0 Å². The molecule has 720 valence electrons. The lowest BCUT2D eigenvalue weighted by molar-refractivity contribution is -0.120. The molecule has 10 heterocycles. The molecule has 4 unspecified atom stereocenters. The van der Waals surface area contributed by atoms with Gasteiger partial charge in [-0.1, -0.05) is 276 Å². The van der Waals surface area contributed by atoms with Gasteiger partial charge < -0.3 is 73.6 Å². The second-order valence-corrected chi connectivity index (χ2v) is 35.5. The van der Waals surface area contributed by atoms with Gasteiger partial charge in [0.15, 0.2) is 22.9 Å². The number of aliphatic hydroxyl groups is 4. The number of halogens is 7. The van der Waals surface area contributed by atoms with Crippen LogP contribution in [0.2, 0.25) is 10.0 Å². The number of carbonyl (C=O) groups is 10. The zero-order valence-corrected chi connectivity index (χ0v) is 81.5. The van der Waals surface area contributed by atoms with Crippen molar-refractivity contribution in [2.75, 3.05) is 0 Å². The van der Waals surface area contributed by atoms with Gasteiger partial charge in [-0.25, -0.2) is 13.2 Å². The molecule has 4 atom stereocenters. The first-order valence-corrected chi connectivity index (χ1v) is 45.4. The summed E-state index contributed by atoms with van der Waals surface area (Å²) in [5.74, 6) is -3.01. The highest BCUT2D eigenvalue weighted by Crippen LogP contribution is 2.37. The summed E-state index contributed by atoms with van der Waals surface area (Å²) in [7, 11) is 0. The second kappa shape index (κ2) is 47.0. The van der Waals surface area contributed by atoms with Crippen LogP contribution < -0.4 is 53.2 Å². The summed E-state index contributed by atoms with van der Waals surface area (Å²) in [6.07, 6.45) is 14.6. The maximum atomic E-state index is 13.3. The molecule has 0 aromatic heterocycles. The predicted molar refractivity (Wildman–Crippen MR) is 553 cm³/mol. The maximum absolute atomic E-state index is 13.3. The lowest BCUT2D eigenvalue weighted by Crippen LogP contribution is -2.40. The SMILES string of the molecule is C=C1NC(=O)C=C1c1ccc(Br)cc1.C=C1NC(=O)C=C1c1ccc(C)cc1.C=C1NC(=O)C=C1c1ccc(Cl)cc1.C=C1NC(=O)C=C1c1ccc(F)cc1.C=C1NC(=O)C=C1c1ccccc1.C=C1NC(=O)C=C1c1ccccc1F.CC1(O)NC(=O)C=C1c1ccc(Br)cc1.CC1(O)NC(=O)C=C1c1ccc(Cl)cc1.CC1(O)NC(=O)C=C1c1ccc(F)cc1.CC1(O)NC(=O)C=C1c1ccccc1. The van der Waals surface area contributed by atoms with Gasteiger partial charge in [-0.05, 0) is 164 Å². The molecule has 14 N–H and O–H groups in total. The Hall–Kier alpha value is -16.1. The maximum Gasteiger partial charge on any atom is 0.249 e. The number of aryl methyl sites for hydroxylation is 1. The van der Waals surface area contributed by atoms with Crippen LogP contribution in [0.15, 0.2) is 398 Å².